The van der Waals surface area contributed by atoms with Crippen LogP contribution in [0.3, 0.4) is 0 Å². The smallest absolute Gasteiger partial charge is 0.254 e. The first kappa shape index (κ1) is 21.9. The molecule has 1 atom stereocenters. The Labute approximate surface area is 200 Å². The number of carbonyl (C=O) groups is 1. The highest BCUT2D eigenvalue weighted by Gasteiger charge is 2.33. The molecule has 2 N–H and O–H groups in total. The molecule has 0 spiro atoms. The van der Waals surface area contributed by atoms with E-state index in [0.29, 0.717) is 38.5 Å². The summed E-state index contributed by atoms with van der Waals surface area (Å²) in [5.41, 5.74) is 1.94. The van der Waals surface area contributed by atoms with Gasteiger partial charge in [-0.05, 0) is 43.2 Å². The molecule has 1 aliphatic heterocycles. The molecular weight excluding hydrogens is 469 g/mol. The zero-order chi connectivity index (χ0) is 22.9. The maximum Gasteiger partial charge on any atom is 0.254 e. The van der Waals surface area contributed by atoms with Crippen LogP contribution in [-0.2, 0) is 0 Å². The number of aliphatic hydroxyl groups is 1. The van der Waals surface area contributed by atoms with Gasteiger partial charge in [0.2, 0.25) is 6.79 Å². The van der Waals surface area contributed by atoms with Crippen molar-refractivity contribution in [1.82, 2.24) is 15.1 Å². The fraction of sp³-hybridized carbons (Fsp3) is 0.304. The van der Waals surface area contributed by atoms with E-state index in [9.17, 15) is 9.90 Å². The monoisotopic (exact) mass is 489 g/mol. The third-order valence-corrected chi connectivity index (χ3v) is 5.98. The van der Waals surface area contributed by atoms with E-state index >= 15 is 0 Å². The second kappa shape index (κ2) is 9.13. The third kappa shape index (κ3) is 4.73. The standard InChI is InChI=1S/C23H21Cl2N3O5/c24-14-3-5-19(18(25)7-14)28-22(13-1-2-13)17(10-27-28)23(30)26-9-15(29)11-31-16-4-6-20-21(8-16)33-12-32-20/h3-8,10,13,15,29H,1-2,9,11-12H2,(H,26,30). The van der Waals surface area contributed by atoms with E-state index in [4.69, 9.17) is 37.4 Å². The Morgan fingerprint density at radius 1 is 1.21 bits per heavy atom. The summed E-state index contributed by atoms with van der Waals surface area (Å²) in [5, 5.41) is 18.4. The largest absolute Gasteiger partial charge is 0.491 e. The van der Waals surface area contributed by atoms with Gasteiger partial charge in [0.25, 0.3) is 5.91 Å². The van der Waals surface area contributed by atoms with Crippen molar-refractivity contribution in [3.8, 4) is 22.9 Å². The van der Waals surface area contributed by atoms with Gasteiger partial charge in [-0.1, -0.05) is 23.2 Å². The average molecular weight is 490 g/mol. The van der Waals surface area contributed by atoms with E-state index in [2.05, 4.69) is 10.4 Å². The van der Waals surface area contributed by atoms with Crippen molar-refractivity contribution >= 4 is 29.1 Å². The number of ether oxygens (including phenoxy) is 3. The van der Waals surface area contributed by atoms with Crippen molar-refractivity contribution in [1.29, 1.82) is 0 Å². The molecule has 1 aliphatic carbocycles. The number of benzene rings is 2. The van der Waals surface area contributed by atoms with Crippen molar-refractivity contribution in [2.45, 2.75) is 24.9 Å². The van der Waals surface area contributed by atoms with E-state index in [0.717, 1.165) is 18.5 Å². The van der Waals surface area contributed by atoms with Crippen LogP contribution in [0.2, 0.25) is 10.0 Å². The Kier molecular flexibility index (Phi) is 6.05. The lowest BCUT2D eigenvalue weighted by Gasteiger charge is -2.14. The highest BCUT2D eigenvalue weighted by molar-refractivity contribution is 6.35. The summed E-state index contributed by atoms with van der Waals surface area (Å²) < 4.78 is 17.9. The van der Waals surface area contributed by atoms with Gasteiger partial charge < -0.3 is 24.6 Å². The predicted octanol–water partition coefficient (Wildman–Crippen LogP) is 3.95. The molecule has 2 aliphatic rings. The van der Waals surface area contributed by atoms with Crippen LogP contribution in [0.1, 0.15) is 34.8 Å². The van der Waals surface area contributed by atoms with E-state index in [1.807, 2.05) is 0 Å². The molecule has 8 nitrogen and oxygen atoms in total. The van der Waals surface area contributed by atoms with Gasteiger partial charge in [0.15, 0.2) is 11.5 Å². The zero-order valence-corrected chi connectivity index (χ0v) is 19.0. The molecule has 2 heterocycles. The molecule has 0 bridgehead atoms. The zero-order valence-electron chi connectivity index (χ0n) is 17.5. The van der Waals surface area contributed by atoms with Crippen molar-refractivity contribution in [2.75, 3.05) is 19.9 Å². The number of carbonyl (C=O) groups excluding carboxylic acids is 1. The van der Waals surface area contributed by atoms with Gasteiger partial charge in [0, 0.05) is 23.6 Å². The topological polar surface area (TPSA) is 94.8 Å². The molecule has 2 aromatic carbocycles. The Hall–Kier alpha value is -2.94. The molecule has 0 radical (unpaired) electrons. The quantitative estimate of drug-likeness (QED) is 0.497. The number of rotatable bonds is 8. The van der Waals surface area contributed by atoms with Crippen LogP contribution in [0.25, 0.3) is 5.69 Å². The van der Waals surface area contributed by atoms with E-state index in [1.54, 1.807) is 41.1 Å². The molecule has 0 saturated heterocycles. The first-order valence-corrected chi connectivity index (χ1v) is 11.3. The van der Waals surface area contributed by atoms with Crippen LogP contribution in [0.15, 0.2) is 42.6 Å². The fourth-order valence-electron chi connectivity index (χ4n) is 3.65. The van der Waals surface area contributed by atoms with Crippen molar-refractivity contribution in [3.05, 3.63) is 63.9 Å². The number of nitrogens with one attached hydrogen (secondary N) is 1. The number of hydrogen-bond acceptors (Lipinski definition) is 6. The van der Waals surface area contributed by atoms with Gasteiger partial charge in [0.1, 0.15) is 18.5 Å². The summed E-state index contributed by atoms with van der Waals surface area (Å²) in [7, 11) is 0. The van der Waals surface area contributed by atoms with Crippen LogP contribution in [0, 0.1) is 0 Å². The first-order valence-electron chi connectivity index (χ1n) is 10.5. The van der Waals surface area contributed by atoms with Gasteiger partial charge in [0.05, 0.1) is 28.2 Å². The number of nitrogens with zero attached hydrogens (tertiary/aromatic N) is 2. The summed E-state index contributed by atoms with van der Waals surface area (Å²) in [6.07, 6.45) is 2.58. The van der Waals surface area contributed by atoms with Gasteiger partial charge in [-0.25, -0.2) is 4.68 Å². The molecule has 1 aromatic heterocycles. The van der Waals surface area contributed by atoms with E-state index in [-0.39, 0.29) is 31.8 Å². The second-order valence-electron chi connectivity index (χ2n) is 7.92. The molecule has 5 rings (SSSR count). The minimum Gasteiger partial charge on any atom is -0.491 e. The van der Waals surface area contributed by atoms with E-state index < -0.39 is 6.10 Å². The number of fused-ring (bicyclic) bond motifs is 1. The highest BCUT2D eigenvalue weighted by Crippen LogP contribution is 2.43. The average Bonchev–Trinajstić information content (AvgIpc) is 3.36. The molecule has 10 heteroatoms. The SMILES string of the molecule is O=C(NCC(O)COc1ccc2c(c1)OCO2)c1cnn(-c2ccc(Cl)cc2Cl)c1C1CC1. The van der Waals surface area contributed by atoms with Crippen molar-refractivity contribution < 1.29 is 24.1 Å². The molecular formula is C23H21Cl2N3O5. The number of hydrogen-bond donors (Lipinski definition) is 2. The minimum atomic E-state index is -0.899. The molecule has 172 valence electrons. The fourth-order valence-corrected chi connectivity index (χ4v) is 4.14. The lowest BCUT2D eigenvalue weighted by Crippen LogP contribution is -2.35. The predicted molar refractivity (Wildman–Crippen MR) is 122 cm³/mol. The lowest BCUT2D eigenvalue weighted by atomic mass is 10.1. The van der Waals surface area contributed by atoms with Crippen LogP contribution in [0.4, 0.5) is 0 Å². The number of aromatic nitrogens is 2. The summed E-state index contributed by atoms with van der Waals surface area (Å²) in [6.45, 7) is 0.215. The molecule has 33 heavy (non-hydrogen) atoms. The molecule has 3 aromatic rings. The van der Waals surface area contributed by atoms with Crippen LogP contribution in [0.5, 0.6) is 17.2 Å². The van der Waals surface area contributed by atoms with Gasteiger partial charge in [-0.2, -0.15) is 5.10 Å². The Morgan fingerprint density at radius 3 is 2.82 bits per heavy atom. The van der Waals surface area contributed by atoms with E-state index in [1.165, 1.54) is 6.20 Å². The lowest BCUT2D eigenvalue weighted by molar-refractivity contribution is 0.0842. The summed E-state index contributed by atoms with van der Waals surface area (Å²) in [6, 6.07) is 10.3. The minimum absolute atomic E-state index is 0.00898. The first-order chi connectivity index (χ1) is 16.0. The summed E-state index contributed by atoms with van der Waals surface area (Å²) >= 11 is 12.4. The molecule has 1 amide bonds. The second-order valence-corrected chi connectivity index (χ2v) is 8.76. The molecule has 1 unspecified atom stereocenters. The van der Waals surface area contributed by atoms with Crippen LogP contribution >= 0.6 is 23.2 Å². The Morgan fingerprint density at radius 2 is 2.03 bits per heavy atom. The van der Waals surface area contributed by atoms with Gasteiger partial charge in [-0.15, -0.1) is 0 Å². The van der Waals surface area contributed by atoms with Crippen molar-refractivity contribution in [3.63, 3.8) is 0 Å². The Bertz CT molecular complexity index is 1190. The summed E-state index contributed by atoms with van der Waals surface area (Å²) in [5.74, 6) is 1.72. The number of amides is 1. The molecule has 1 fully saturated rings. The van der Waals surface area contributed by atoms with Crippen LogP contribution in [-0.4, -0.2) is 46.8 Å². The normalized spacial score (nSPS) is 15.4. The van der Waals surface area contributed by atoms with Crippen LogP contribution < -0.4 is 19.5 Å². The number of halogens is 2. The summed E-state index contributed by atoms with van der Waals surface area (Å²) in [4.78, 5) is 12.9. The highest BCUT2D eigenvalue weighted by atomic mass is 35.5. The van der Waals surface area contributed by atoms with Gasteiger partial charge >= 0.3 is 0 Å². The maximum atomic E-state index is 12.9. The third-order valence-electron chi connectivity index (χ3n) is 5.44. The Balaban J connectivity index is 1.22. The number of aliphatic hydroxyl groups excluding tert-OH is 1. The van der Waals surface area contributed by atoms with Crippen molar-refractivity contribution in [2.24, 2.45) is 0 Å². The maximum absolute atomic E-state index is 12.9. The van der Waals surface area contributed by atoms with Gasteiger partial charge in [-0.3, -0.25) is 4.79 Å². The molecule has 1 saturated carbocycles.